The Kier molecular flexibility index (Phi) is 8.43. The Bertz CT molecular complexity index is 1580. The largest absolute Gasteiger partial charge is 0.497 e. The molecule has 0 bridgehead atoms. The van der Waals surface area contributed by atoms with Crippen molar-refractivity contribution in [3.8, 4) is 5.75 Å². The summed E-state index contributed by atoms with van der Waals surface area (Å²) in [4.78, 5) is 2.45. The van der Waals surface area contributed by atoms with E-state index >= 15 is 0 Å². The van der Waals surface area contributed by atoms with Crippen molar-refractivity contribution < 1.29 is 4.74 Å². The topological polar surface area (TPSA) is 56.1 Å². The van der Waals surface area contributed by atoms with Gasteiger partial charge in [0.05, 0.1) is 13.2 Å². The second-order valence-electron chi connectivity index (χ2n) is 10.3. The van der Waals surface area contributed by atoms with Gasteiger partial charge in [-0.3, -0.25) is 4.90 Å². The molecule has 0 amide bonds. The van der Waals surface area contributed by atoms with Gasteiger partial charge in [-0.25, -0.2) is 4.68 Å². The average molecular weight is 552 g/mol. The number of aromatic nitrogens is 4. The lowest BCUT2D eigenvalue weighted by Crippen LogP contribution is -2.32. The number of tetrazole rings is 1. The van der Waals surface area contributed by atoms with Gasteiger partial charge in [0.25, 0.3) is 0 Å². The van der Waals surface area contributed by atoms with Gasteiger partial charge in [0.2, 0.25) is 0 Å². The van der Waals surface area contributed by atoms with Crippen molar-refractivity contribution in [1.82, 2.24) is 25.1 Å². The second kappa shape index (κ2) is 13.1. The van der Waals surface area contributed by atoms with Gasteiger partial charge in [-0.15, -0.1) is 5.10 Å². The molecule has 6 aromatic rings. The summed E-state index contributed by atoms with van der Waals surface area (Å²) >= 11 is 0. The van der Waals surface area contributed by atoms with Crippen LogP contribution in [0.3, 0.4) is 0 Å². The molecule has 0 fully saturated rings. The van der Waals surface area contributed by atoms with Crippen molar-refractivity contribution in [2.24, 2.45) is 0 Å². The first kappa shape index (κ1) is 27.1. The standard InChI is InChI=1S/C36H33N5O/c1-42-33-24-22-32(23-25-33)35(40(26-28-14-6-2-7-15-28)27-29-16-8-3-9-17-29)36-37-38-39-41(36)34(30-18-10-4-11-19-30)31-20-12-5-13-21-31/h2-25,34-35H,26-27H2,1H3/t35-/m0/s1. The maximum absolute atomic E-state index is 5.51. The summed E-state index contributed by atoms with van der Waals surface area (Å²) in [7, 11) is 1.69. The molecule has 6 nitrogen and oxygen atoms in total. The third kappa shape index (κ3) is 6.14. The third-order valence-corrected chi connectivity index (χ3v) is 7.49. The van der Waals surface area contributed by atoms with E-state index in [1.165, 1.54) is 11.1 Å². The van der Waals surface area contributed by atoms with Gasteiger partial charge in [-0.2, -0.15) is 0 Å². The van der Waals surface area contributed by atoms with Gasteiger partial charge < -0.3 is 4.74 Å². The van der Waals surface area contributed by atoms with Gasteiger partial charge in [-0.05, 0) is 50.4 Å². The summed E-state index contributed by atoms with van der Waals surface area (Å²) in [6.07, 6.45) is 0. The summed E-state index contributed by atoms with van der Waals surface area (Å²) in [6.45, 7) is 1.42. The molecular formula is C36H33N5O. The lowest BCUT2D eigenvalue weighted by molar-refractivity contribution is 0.194. The molecule has 208 valence electrons. The van der Waals surface area contributed by atoms with Crippen molar-refractivity contribution >= 4 is 0 Å². The molecule has 0 saturated carbocycles. The molecule has 0 spiro atoms. The summed E-state index contributed by atoms with van der Waals surface area (Å²) in [6, 6.07) is 49.8. The van der Waals surface area contributed by atoms with Crippen LogP contribution in [-0.2, 0) is 13.1 Å². The summed E-state index contributed by atoms with van der Waals surface area (Å²) < 4.78 is 7.50. The van der Waals surface area contributed by atoms with Gasteiger partial charge >= 0.3 is 0 Å². The molecule has 0 saturated heterocycles. The number of ether oxygens (including phenoxy) is 1. The molecule has 0 aliphatic heterocycles. The van der Waals surface area contributed by atoms with E-state index < -0.39 is 0 Å². The second-order valence-corrected chi connectivity index (χ2v) is 10.3. The molecule has 6 rings (SSSR count). The maximum Gasteiger partial charge on any atom is 0.174 e. The Hall–Kier alpha value is -5.07. The lowest BCUT2D eigenvalue weighted by Gasteiger charge is -2.33. The normalized spacial score (nSPS) is 12.0. The predicted octanol–water partition coefficient (Wildman–Crippen LogP) is 7.11. The van der Waals surface area contributed by atoms with E-state index in [0.29, 0.717) is 13.1 Å². The monoisotopic (exact) mass is 551 g/mol. The van der Waals surface area contributed by atoms with Crippen LogP contribution in [0.25, 0.3) is 0 Å². The van der Waals surface area contributed by atoms with E-state index in [2.05, 4.69) is 137 Å². The molecule has 1 heterocycles. The molecule has 42 heavy (non-hydrogen) atoms. The molecule has 0 aliphatic rings. The van der Waals surface area contributed by atoms with Crippen LogP contribution in [0.1, 0.15) is 45.7 Å². The lowest BCUT2D eigenvalue weighted by atomic mass is 9.97. The zero-order valence-electron chi connectivity index (χ0n) is 23.6. The molecule has 1 aromatic heterocycles. The minimum atomic E-state index is -0.249. The van der Waals surface area contributed by atoms with Crippen molar-refractivity contribution in [2.75, 3.05) is 7.11 Å². The first-order chi connectivity index (χ1) is 20.8. The average Bonchev–Trinajstić information content (AvgIpc) is 3.52. The molecule has 5 aromatic carbocycles. The van der Waals surface area contributed by atoms with Crippen LogP contribution in [0, 0.1) is 0 Å². The first-order valence-corrected chi connectivity index (χ1v) is 14.1. The Morgan fingerprint density at radius 3 is 1.55 bits per heavy atom. The number of nitrogens with zero attached hydrogens (tertiary/aromatic N) is 5. The van der Waals surface area contributed by atoms with E-state index in [0.717, 1.165) is 28.3 Å². The van der Waals surface area contributed by atoms with Crippen molar-refractivity contribution in [3.05, 3.63) is 179 Å². The molecular weight excluding hydrogens is 518 g/mol. The number of methoxy groups -OCH3 is 1. The van der Waals surface area contributed by atoms with Crippen molar-refractivity contribution in [2.45, 2.75) is 25.2 Å². The van der Waals surface area contributed by atoms with Gasteiger partial charge in [0.15, 0.2) is 5.82 Å². The Morgan fingerprint density at radius 2 is 1.07 bits per heavy atom. The summed E-state index contributed by atoms with van der Waals surface area (Å²) in [5.41, 5.74) is 5.74. The number of hydrogen-bond acceptors (Lipinski definition) is 5. The Morgan fingerprint density at radius 1 is 0.595 bits per heavy atom. The van der Waals surface area contributed by atoms with Crippen LogP contribution >= 0.6 is 0 Å². The fourth-order valence-electron chi connectivity index (χ4n) is 5.49. The quantitative estimate of drug-likeness (QED) is 0.172. The van der Waals surface area contributed by atoms with Gasteiger partial charge in [-0.1, -0.05) is 133 Å². The highest BCUT2D eigenvalue weighted by atomic mass is 16.5. The van der Waals surface area contributed by atoms with E-state index in [-0.39, 0.29) is 12.1 Å². The molecule has 0 aliphatic carbocycles. The smallest absolute Gasteiger partial charge is 0.174 e. The summed E-state index contributed by atoms with van der Waals surface area (Å²) in [5, 5.41) is 13.7. The zero-order valence-corrected chi connectivity index (χ0v) is 23.6. The predicted molar refractivity (Wildman–Crippen MR) is 165 cm³/mol. The number of benzene rings is 5. The van der Waals surface area contributed by atoms with E-state index in [1.807, 2.05) is 28.9 Å². The minimum absolute atomic E-state index is 0.201. The van der Waals surface area contributed by atoms with E-state index in [9.17, 15) is 0 Å². The fourth-order valence-corrected chi connectivity index (χ4v) is 5.49. The Balaban J connectivity index is 1.52. The minimum Gasteiger partial charge on any atom is -0.497 e. The highest BCUT2D eigenvalue weighted by Gasteiger charge is 2.32. The molecule has 6 heteroatoms. The molecule has 0 N–H and O–H groups in total. The fraction of sp³-hybridized carbons (Fsp3) is 0.139. The number of hydrogen-bond donors (Lipinski definition) is 0. The number of rotatable bonds is 11. The van der Waals surface area contributed by atoms with Crippen molar-refractivity contribution in [3.63, 3.8) is 0 Å². The van der Waals surface area contributed by atoms with E-state index in [4.69, 9.17) is 9.84 Å². The first-order valence-electron chi connectivity index (χ1n) is 14.1. The van der Waals surface area contributed by atoms with Gasteiger partial charge in [0, 0.05) is 13.1 Å². The van der Waals surface area contributed by atoms with Crippen LogP contribution < -0.4 is 4.74 Å². The third-order valence-electron chi connectivity index (χ3n) is 7.49. The van der Waals surface area contributed by atoms with Crippen LogP contribution in [0.15, 0.2) is 146 Å². The van der Waals surface area contributed by atoms with Crippen LogP contribution in [0.4, 0.5) is 0 Å². The van der Waals surface area contributed by atoms with E-state index in [1.54, 1.807) is 7.11 Å². The van der Waals surface area contributed by atoms with Crippen LogP contribution in [-0.4, -0.2) is 32.2 Å². The SMILES string of the molecule is COc1ccc([C@@H](c2nnnn2C(c2ccccc2)c2ccccc2)N(Cc2ccccc2)Cc2ccccc2)cc1. The molecule has 0 radical (unpaired) electrons. The molecule has 1 atom stereocenters. The van der Waals surface area contributed by atoms with Crippen molar-refractivity contribution in [1.29, 1.82) is 0 Å². The molecule has 0 unspecified atom stereocenters. The Labute approximate surface area is 246 Å². The van der Waals surface area contributed by atoms with Gasteiger partial charge in [0.1, 0.15) is 11.8 Å². The highest BCUT2D eigenvalue weighted by molar-refractivity contribution is 5.36. The summed E-state index contributed by atoms with van der Waals surface area (Å²) in [5.74, 6) is 1.57. The van der Waals surface area contributed by atoms with Crippen LogP contribution in [0.5, 0.6) is 5.75 Å². The highest BCUT2D eigenvalue weighted by Crippen LogP contribution is 2.35. The van der Waals surface area contributed by atoms with Crippen LogP contribution in [0.2, 0.25) is 0 Å². The zero-order chi connectivity index (χ0) is 28.6. The maximum atomic E-state index is 5.51.